The van der Waals surface area contributed by atoms with Crippen molar-refractivity contribution in [2.24, 2.45) is 0 Å². The molecule has 0 unspecified atom stereocenters. The van der Waals surface area contributed by atoms with Gasteiger partial charge in [-0.05, 0) is 18.2 Å². The lowest BCUT2D eigenvalue weighted by Crippen LogP contribution is -2.33. The number of imide groups is 1. The number of anilines is 1. The van der Waals surface area contributed by atoms with Crippen molar-refractivity contribution in [1.29, 1.82) is 0 Å². The summed E-state index contributed by atoms with van der Waals surface area (Å²) < 4.78 is 12.9. The number of likely N-dealkylation sites (tertiary alicyclic amines) is 1. The topological polar surface area (TPSA) is 66.5 Å². The average Bonchev–Trinajstić information content (AvgIpc) is 2.79. The Labute approximate surface area is 140 Å². The zero-order valence-electron chi connectivity index (χ0n) is 11.1. The van der Waals surface area contributed by atoms with Crippen LogP contribution in [0.4, 0.5) is 10.1 Å². The van der Waals surface area contributed by atoms with Gasteiger partial charge in [-0.3, -0.25) is 14.4 Å². The molecule has 1 heterocycles. The van der Waals surface area contributed by atoms with Gasteiger partial charge < -0.3 is 5.32 Å². The molecule has 3 amide bonds. The lowest BCUT2D eigenvalue weighted by molar-refractivity contribution is -0.133. The van der Waals surface area contributed by atoms with Gasteiger partial charge in [0, 0.05) is 12.8 Å². The van der Waals surface area contributed by atoms with E-state index in [1.807, 2.05) is 0 Å². The molecule has 0 bridgehead atoms. The molecule has 116 valence electrons. The zero-order valence-corrected chi connectivity index (χ0v) is 13.5. The highest BCUT2D eigenvalue weighted by Gasteiger charge is 2.32. The first kappa shape index (κ1) is 16.9. The number of thioether (sulfide) groups is 1. The Morgan fingerprint density at radius 2 is 2.00 bits per heavy atom. The predicted molar refractivity (Wildman–Crippen MR) is 86.2 cm³/mol. The molecule has 0 aromatic heterocycles. The monoisotopic (exact) mass is 360 g/mol. The third-order valence-corrected chi connectivity index (χ3v) is 4.45. The van der Waals surface area contributed by atoms with Crippen LogP contribution >= 0.6 is 35.6 Å². The number of halogens is 2. The molecule has 1 aliphatic rings. The molecular weight excluding hydrogens is 351 g/mol. The third-order valence-electron chi connectivity index (χ3n) is 2.77. The van der Waals surface area contributed by atoms with Gasteiger partial charge in [-0.25, -0.2) is 9.29 Å². The van der Waals surface area contributed by atoms with Crippen LogP contribution in [-0.4, -0.2) is 32.7 Å². The molecule has 0 atom stereocenters. The van der Waals surface area contributed by atoms with Gasteiger partial charge in [-0.15, -0.1) is 0 Å². The Bertz CT molecular complexity index is 653. The number of hydrogen-bond acceptors (Lipinski definition) is 5. The number of carbonyl (C=O) groups excluding carboxylic acids is 3. The van der Waals surface area contributed by atoms with Crippen LogP contribution in [0.1, 0.15) is 12.8 Å². The SMILES string of the molecule is O=C(CSC(=S)N1C(=O)CCC1=O)Nc1ccc(F)cc1Cl. The summed E-state index contributed by atoms with van der Waals surface area (Å²) in [6, 6.07) is 3.59. The van der Waals surface area contributed by atoms with Crippen LogP contribution < -0.4 is 5.32 Å². The van der Waals surface area contributed by atoms with E-state index in [4.69, 9.17) is 23.8 Å². The summed E-state index contributed by atoms with van der Waals surface area (Å²) in [5.41, 5.74) is 0.271. The van der Waals surface area contributed by atoms with Gasteiger partial charge >= 0.3 is 0 Å². The van der Waals surface area contributed by atoms with Gasteiger partial charge in [0.15, 0.2) is 0 Å². The second-order valence-corrected chi connectivity index (χ2v) is 6.37. The van der Waals surface area contributed by atoms with Crippen molar-refractivity contribution in [3.05, 3.63) is 29.0 Å². The summed E-state index contributed by atoms with van der Waals surface area (Å²) in [6.07, 6.45) is 0.272. The molecular formula is C13H10ClFN2O3S2. The van der Waals surface area contributed by atoms with E-state index in [1.54, 1.807) is 0 Å². The number of carbonyl (C=O) groups is 3. The molecule has 2 rings (SSSR count). The molecule has 0 radical (unpaired) electrons. The van der Waals surface area contributed by atoms with Crippen molar-refractivity contribution in [2.75, 3.05) is 11.1 Å². The maximum absolute atomic E-state index is 12.9. The van der Waals surface area contributed by atoms with Gasteiger partial charge in [-0.1, -0.05) is 35.6 Å². The van der Waals surface area contributed by atoms with Crippen LogP contribution in [-0.2, 0) is 14.4 Å². The van der Waals surface area contributed by atoms with Crippen LogP contribution in [0, 0.1) is 5.82 Å². The van der Waals surface area contributed by atoms with Crippen molar-refractivity contribution in [1.82, 2.24) is 4.90 Å². The maximum Gasteiger partial charge on any atom is 0.235 e. The summed E-state index contributed by atoms with van der Waals surface area (Å²) in [7, 11) is 0. The first-order valence-electron chi connectivity index (χ1n) is 6.16. The first-order valence-corrected chi connectivity index (χ1v) is 7.93. The normalized spacial score (nSPS) is 14.4. The van der Waals surface area contributed by atoms with E-state index in [0.717, 1.165) is 22.7 Å². The summed E-state index contributed by atoms with van der Waals surface area (Å²) in [4.78, 5) is 35.7. The number of nitrogens with zero attached hydrogens (tertiary/aromatic N) is 1. The summed E-state index contributed by atoms with van der Waals surface area (Å²) >= 11 is 11.7. The Hall–Kier alpha value is -1.51. The lowest BCUT2D eigenvalue weighted by Gasteiger charge is -2.14. The molecule has 0 aliphatic carbocycles. The molecule has 0 spiro atoms. The summed E-state index contributed by atoms with van der Waals surface area (Å²) in [5, 5.41) is 2.57. The van der Waals surface area contributed by atoms with Gasteiger partial charge in [0.1, 0.15) is 10.1 Å². The molecule has 1 saturated heterocycles. The van der Waals surface area contributed by atoms with E-state index in [1.165, 1.54) is 12.1 Å². The molecule has 1 fully saturated rings. The fourth-order valence-electron chi connectivity index (χ4n) is 1.75. The minimum Gasteiger partial charge on any atom is -0.324 e. The van der Waals surface area contributed by atoms with Gasteiger partial charge in [-0.2, -0.15) is 0 Å². The van der Waals surface area contributed by atoms with E-state index in [2.05, 4.69) is 5.32 Å². The van der Waals surface area contributed by atoms with Crippen molar-refractivity contribution in [3.8, 4) is 0 Å². The highest BCUT2D eigenvalue weighted by molar-refractivity contribution is 8.23. The minimum absolute atomic E-state index is 0.0489. The number of benzene rings is 1. The predicted octanol–water partition coefficient (Wildman–Crippen LogP) is 2.58. The number of thiocarbonyl (C=S) groups is 1. The van der Waals surface area contributed by atoms with Gasteiger partial charge in [0.05, 0.1) is 16.5 Å². The highest BCUT2D eigenvalue weighted by Crippen LogP contribution is 2.23. The van der Waals surface area contributed by atoms with Crippen LogP contribution in [0.3, 0.4) is 0 Å². The second kappa shape index (κ2) is 7.17. The molecule has 1 aromatic rings. The third kappa shape index (κ3) is 4.02. The Balaban J connectivity index is 1.89. The second-order valence-electron chi connectivity index (χ2n) is 4.35. The average molecular weight is 361 g/mol. The van der Waals surface area contributed by atoms with E-state index in [-0.39, 0.29) is 45.4 Å². The van der Waals surface area contributed by atoms with Crippen molar-refractivity contribution < 1.29 is 18.8 Å². The largest absolute Gasteiger partial charge is 0.324 e. The standard InChI is InChI=1S/C13H10ClFN2O3S2/c14-8-5-7(15)1-2-9(8)16-10(18)6-22-13(21)17-11(19)3-4-12(17)20/h1-2,5H,3-4,6H2,(H,16,18). The number of hydrogen-bond donors (Lipinski definition) is 1. The van der Waals surface area contributed by atoms with E-state index in [0.29, 0.717) is 0 Å². The Morgan fingerprint density at radius 1 is 1.36 bits per heavy atom. The number of rotatable bonds is 3. The van der Waals surface area contributed by atoms with Crippen molar-refractivity contribution in [2.45, 2.75) is 12.8 Å². The zero-order chi connectivity index (χ0) is 16.3. The van der Waals surface area contributed by atoms with Crippen LogP contribution in [0.5, 0.6) is 0 Å². The fourth-order valence-corrected chi connectivity index (χ4v) is 3.00. The maximum atomic E-state index is 12.9. The van der Waals surface area contributed by atoms with Crippen molar-refractivity contribution >= 4 is 63.3 Å². The summed E-state index contributed by atoms with van der Waals surface area (Å²) in [6.45, 7) is 0. The number of amides is 3. The van der Waals surface area contributed by atoms with E-state index < -0.39 is 11.7 Å². The van der Waals surface area contributed by atoms with Crippen molar-refractivity contribution in [3.63, 3.8) is 0 Å². The molecule has 1 aliphatic heterocycles. The molecule has 22 heavy (non-hydrogen) atoms. The smallest absolute Gasteiger partial charge is 0.235 e. The molecule has 1 aromatic carbocycles. The minimum atomic E-state index is -0.510. The highest BCUT2D eigenvalue weighted by atomic mass is 35.5. The Morgan fingerprint density at radius 3 is 2.59 bits per heavy atom. The molecule has 5 nitrogen and oxygen atoms in total. The quantitative estimate of drug-likeness (QED) is 0.663. The summed E-state index contributed by atoms with van der Waals surface area (Å²) in [5.74, 6) is -1.75. The van der Waals surface area contributed by atoms with Crippen LogP contribution in [0.25, 0.3) is 0 Å². The van der Waals surface area contributed by atoms with Crippen LogP contribution in [0.2, 0.25) is 5.02 Å². The fraction of sp³-hybridized carbons (Fsp3) is 0.231. The molecule has 1 N–H and O–H groups in total. The molecule has 9 heteroatoms. The van der Waals surface area contributed by atoms with E-state index >= 15 is 0 Å². The van der Waals surface area contributed by atoms with Gasteiger partial charge in [0.2, 0.25) is 17.7 Å². The van der Waals surface area contributed by atoms with E-state index in [9.17, 15) is 18.8 Å². The Kier molecular flexibility index (Phi) is 5.49. The lowest BCUT2D eigenvalue weighted by atomic mass is 10.3. The number of nitrogens with one attached hydrogen (secondary N) is 1. The van der Waals surface area contributed by atoms with Crippen LogP contribution in [0.15, 0.2) is 18.2 Å². The van der Waals surface area contributed by atoms with Gasteiger partial charge in [0.25, 0.3) is 0 Å². The molecule has 0 saturated carbocycles. The first-order chi connectivity index (χ1) is 10.4.